The topological polar surface area (TPSA) is 127 Å². The van der Waals surface area contributed by atoms with Gasteiger partial charge in [-0.05, 0) is 26.8 Å². The van der Waals surface area contributed by atoms with Crippen molar-refractivity contribution in [1.29, 1.82) is 0 Å². The van der Waals surface area contributed by atoms with Crippen molar-refractivity contribution in [1.82, 2.24) is 4.72 Å². The molecule has 4 N–H and O–H groups in total. The maximum atomic E-state index is 12.2. The first-order valence-electron chi connectivity index (χ1n) is 5.36. The van der Waals surface area contributed by atoms with E-state index in [1.807, 2.05) is 0 Å². The van der Waals surface area contributed by atoms with Crippen molar-refractivity contribution < 1.29 is 13.3 Å². The summed E-state index contributed by atoms with van der Waals surface area (Å²) in [6.45, 7) is 4.99. The Kier molecular flexibility index (Phi) is 4.13. The largest absolute Gasteiger partial charge is 0.323 e. The zero-order chi connectivity index (χ0) is 14.8. The molecule has 9 heteroatoms. The Morgan fingerprint density at radius 1 is 1.32 bits per heavy atom. The van der Waals surface area contributed by atoms with Gasteiger partial charge in [0.1, 0.15) is 4.90 Å². The molecule has 0 bridgehead atoms. The van der Waals surface area contributed by atoms with Crippen molar-refractivity contribution in [2.45, 2.75) is 31.2 Å². The highest BCUT2D eigenvalue weighted by atomic mass is 32.2. The van der Waals surface area contributed by atoms with Crippen LogP contribution >= 0.6 is 0 Å². The van der Waals surface area contributed by atoms with E-state index in [9.17, 15) is 18.5 Å². The fourth-order valence-electron chi connectivity index (χ4n) is 1.42. The maximum absolute atomic E-state index is 12.2. The zero-order valence-corrected chi connectivity index (χ0v) is 11.6. The molecule has 0 aliphatic carbocycles. The molecule has 1 rings (SSSR count). The van der Waals surface area contributed by atoms with Gasteiger partial charge in [0.05, 0.1) is 10.6 Å². The Morgan fingerprint density at radius 2 is 1.89 bits per heavy atom. The summed E-state index contributed by atoms with van der Waals surface area (Å²) in [5.74, 6) is 5.23. The summed E-state index contributed by atoms with van der Waals surface area (Å²) in [6, 6.07) is 3.38. The monoisotopic (exact) mass is 288 g/mol. The molecule has 106 valence electrons. The van der Waals surface area contributed by atoms with E-state index in [2.05, 4.69) is 10.1 Å². The molecule has 1 aromatic carbocycles. The summed E-state index contributed by atoms with van der Waals surface area (Å²) in [7, 11) is -3.91. The molecule has 8 nitrogen and oxygen atoms in total. The second kappa shape index (κ2) is 5.11. The zero-order valence-electron chi connectivity index (χ0n) is 10.8. The molecule has 0 radical (unpaired) electrons. The molecule has 1 aromatic rings. The van der Waals surface area contributed by atoms with Gasteiger partial charge in [0.2, 0.25) is 10.0 Å². The fraction of sp³-hybridized carbons (Fsp3) is 0.400. The third kappa shape index (κ3) is 3.88. The highest BCUT2D eigenvalue weighted by Gasteiger charge is 2.26. The number of hydrogen-bond donors (Lipinski definition) is 3. The molecule has 0 aromatic heterocycles. The fourth-order valence-corrected chi connectivity index (χ4v) is 3.03. The molecular weight excluding hydrogens is 272 g/mol. The van der Waals surface area contributed by atoms with Crippen LogP contribution < -0.4 is 16.0 Å². The summed E-state index contributed by atoms with van der Waals surface area (Å²) in [5.41, 5.74) is 1.26. The Bertz CT molecular complexity index is 592. The Labute approximate surface area is 111 Å². The summed E-state index contributed by atoms with van der Waals surface area (Å²) in [5, 5.41) is 10.7. The molecule has 0 aliphatic heterocycles. The molecular formula is C10H16N4O4S. The average molecular weight is 288 g/mol. The number of anilines is 1. The minimum absolute atomic E-state index is 0.0855. The van der Waals surface area contributed by atoms with Crippen LogP contribution in [0.2, 0.25) is 0 Å². The molecule has 0 aliphatic rings. The first-order chi connectivity index (χ1) is 8.57. The lowest BCUT2D eigenvalue weighted by Crippen LogP contribution is -2.40. The predicted octanol–water partition coefficient (Wildman–Crippen LogP) is 0.957. The molecule has 0 spiro atoms. The number of hydrazine groups is 1. The van der Waals surface area contributed by atoms with Gasteiger partial charge in [0.25, 0.3) is 5.69 Å². The van der Waals surface area contributed by atoms with Gasteiger partial charge in [0.15, 0.2) is 0 Å². The minimum atomic E-state index is -3.91. The number of nitrogens with one attached hydrogen (secondary N) is 2. The molecule has 0 unspecified atom stereocenters. The predicted molar refractivity (Wildman–Crippen MR) is 71.0 cm³/mol. The van der Waals surface area contributed by atoms with Crippen LogP contribution in [-0.2, 0) is 10.0 Å². The lowest BCUT2D eigenvalue weighted by Gasteiger charge is -2.21. The highest BCUT2D eigenvalue weighted by Crippen LogP contribution is 2.26. The Morgan fingerprint density at radius 3 is 2.32 bits per heavy atom. The second-order valence-electron chi connectivity index (χ2n) is 4.94. The number of nitrogens with zero attached hydrogens (tertiary/aromatic N) is 1. The number of non-ortho nitro benzene ring substituents is 1. The molecule has 0 fully saturated rings. The summed E-state index contributed by atoms with van der Waals surface area (Å²) in [4.78, 5) is 9.77. The first-order valence-corrected chi connectivity index (χ1v) is 6.84. The van der Waals surface area contributed by atoms with Gasteiger partial charge in [-0.25, -0.2) is 13.1 Å². The maximum Gasteiger partial charge on any atom is 0.270 e. The number of nitro benzene ring substituents is 1. The molecule has 19 heavy (non-hydrogen) atoms. The van der Waals surface area contributed by atoms with Crippen molar-refractivity contribution in [3.8, 4) is 0 Å². The van der Waals surface area contributed by atoms with Gasteiger partial charge >= 0.3 is 0 Å². The van der Waals surface area contributed by atoms with E-state index < -0.39 is 20.5 Å². The summed E-state index contributed by atoms with van der Waals surface area (Å²) < 4.78 is 26.8. The van der Waals surface area contributed by atoms with Crippen molar-refractivity contribution in [2.75, 3.05) is 5.43 Å². The highest BCUT2D eigenvalue weighted by molar-refractivity contribution is 7.89. The lowest BCUT2D eigenvalue weighted by molar-refractivity contribution is -0.385. The Hall–Kier alpha value is -1.71. The minimum Gasteiger partial charge on any atom is -0.323 e. The average Bonchev–Trinajstić information content (AvgIpc) is 2.24. The van der Waals surface area contributed by atoms with Gasteiger partial charge in [-0.3, -0.25) is 16.0 Å². The van der Waals surface area contributed by atoms with Crippen molar-refractivity contribution in [3.05, 3.63) is 28.3 Å². The normalized spacial score (nSPS) is 12.2. The standard InChI is InChI=1S/C10H16N4O4S/c1-10(2,3)13-19(17,18)9-6-7(14(15)16)4-5-8(9)12-11/h4-6,12-13H,11H2,1-3H3. The van der Waals surface area contributed by atoms with Crippen LogP contribution in [0.3, 0.4) is 0 Å². The van der Waals surface area contributed by atoms with Gasteiger partial charge in [-0.2, -0.15) is 0 Å². The number of nitrogen functional groups attached to an aromatic ring is 1. The van der Waals surface area contributed by atoms with E-state index in [1.54, 1.807) is 20.8 Å². The van der Waals surface area contributed by atoms with E-state index in [-0.39, 0.29) is 16.3 Å². The van der Waals surface area contributed by atoms with E-state index in [0.29, 0.717) is 0 Å². The molecule has 0 heterocycles. The molecule has 0 amide bonds. The molecule has 0 atom stereocenters. The second-order valence-corrected chi connectivity index (χ2v) is 6.59. The van der Waals surface area contributed by atoms with Crippen LogP contribution in [0.5, 0.6) is 0 Å². The van der Waals surface area contributed by atoms with Crippen LogP contribution in [0.15, 0.2) is 23.1 Å². The Balaban J connectivity index is 3.39. The number of rotatable bonds is 4. The summed E-state index contributed by atoms with van der Waals surface area (Å²) >= 11 is 0. The lowest BCUT2D eigenvalue weighted by atomic mass is 10.1. The smallest absolute Gasteiger partial charge is 0.270 e. The van der Waals surface area contributed by atoms with Gasteiger partial charge < -0.3 is 5.43 Å². The van der Waals surface area contributed by atoms with E-state index in [4.69, 9.17) is 5.84 Å². The third-order valence-corrected chi connectivity index (χ3v) is 3.86. The van der Waals surface area contributed by atoms with Crippen molar-refractivity contribution >= 4 is 21.4 Å². The quantitative estimate of drug-likeness (QED) is 0.430. The number of hydrogen-bond acceptors (Lipinski definition) is 6. The van der Waals surface area contributed by atoms with Crippen molar-refractivity contribution in [3.63, 3.8) is 0 Å². The number of sulfonamides is 1. The van der Waals surface area contributed by atoms with Crippen LogP contribution in [0.4, 0.5) is 11.4 Å². The third-order valence-electron chi connectivity index (χ3n) is 2.06. The number of nitro groups is 1. The first kappa shape index (κ1) is 15.3. The molecule has 0 saturated heterocycles. The van der Waals surface area contributed by atoms with Crippen LogP contribution in [0, 0.1) is 10.1 Å². The van der Waals surface area contributed by atoms with Crippen molar-refractivity contribution in [2.24, 2.45) is 5.84 Å². The summed E-state index contributed by atoms with van der Waals surface area (Å²) in [6.07, 6.45) is 0. The number of benzene rings is 1. The van der Waals surface area contributed by atoms with Gasteiger partial charge in [0, 0.05) is 17.7 Å². The van der Waals surface area contributed by atoms with Gasteiger partial charge in [-0.1, -0.05) is 0 Å². The van der Waals surface area contributed by atoms with Crippen LogP contribution in [0.1, 0.15) is 20.8 Å². The molecule has 0 saturated carbocycles. The van der Waals surface area contributed by atoms with E-state index in [0.717, 1.165) is 6.07 Å². The van der Waals surface area contributed by atoms with Gasteiger partial charge in [-0.15, -0.1) is 0 Å². The SMILES string of the molecule is CC(C)(C)NS(=O)(=O)c1cc([N+](=O)[O-])ccc1NN. The van der Waals surface area contributed by atoms with Crippen LogP contribution in [-0.4, -0.2) is 18.9 Å². The van der Waals surface area contributed by atoms with E-state index >= 15 is 0 Å². The number of nitrogens with two attached hydrogens (primary N) is 1. The van der Waals surface area contributed by atoms with E-state index in [1.165, 1.54) is 12.1 Å². The van der Waals surface area contributed by atoms with Crippen LogP contribution in [0.25, 0.3) is 0 Å².